The van der Waals surface area contributed by atoms with E-state index in [4.69, 9.17) is 0 Å². The number of nitrogens with one attached hydrogen (secondary N) is 1. The molecule has 0 aliphatic carbocycles. The minimum absolute atomic E-state index is 0.377. The number of hydrogen-bond donors (Lipinski definition) is 1. The summed E-state index contributed by atoms with van der Waals surface area (Å²) in [6.07, 6.45) is 0.650. The highest BCUT2D eigenvalue weighted by molar-refractivity contribution is 7.10. The summed E-state index contributed by atoms with van der Waals surface area (Å²) >= 11 is 1.18. The number of thiophene rings is 1. The standard InChI is InChI=1S/C14H12F5NS/c1-2-5-20-14(7-4-3-6-21-7)8-9(15)11(17)13(19)12(18)10(8)16/h3-4,6,14,20H,2,5H2,1H3. The van der Waals surface area contributed by atoms with Crippen molar-refractivity contribution < 1.29 is 22.0 Å². The summed E-state index contributed by atoms with van der Waals surface area (Å²) in [5.74, 6) is -9.59. The van der Waals surface area contributed by atoms with Crippen molar-refractivity contribution in [1.82, 2.24) is 5.32 Å². The molecule has 0 spiro atoms. The van der Waals surface area contributed by atoms with Gasteiger partial charge in [0.2, 0.25) is 5.82 Å². The molecule has 0 saturated carbocycles. The molecule has 0 fully saturated rings. The van der Waals surface area contributed by atoms with Gasteiger partial charge in [0.05, 0.1) is 11.6 Å². The topological polar surface area (TPSA) is 12.0 Å². The number of rotatable bonds is 5. The molecule has 1 aromatic heterocycles. The van der Waals surface area contributed by atoms with Crippen LogP contribution in [0.4, 0.5) is 22.0 Å². The molecule has 1 atom stereocenters. The van der Waals surface area contributed by atoms with Gasteiger partial charge in [0.1, 0.15) is 0 Å². The molecular weight excluding hydrogens is 309 g/mol. The third-order valence-electron chi connectivity index (χ3n) is 2.96. The van der Waals surface area contributed by atoms with Gasteiger partial charge in [-0.25, -0.2) is 22.0 Å². The average Bonchev–Trinajstić information content (AvgIpc) is 3.00. The van der Waals surface area contributed by atoms with Gasteiger partial charge in [-0.05, 0) is 24.4 Å². The Morgan fingerprint density at radius 3 is 2.05 bits per heavy atom. The van der Waals surface area contributed by atoms with Crippen molar-refractivity contribution in [1.29, 1.82) is 0 Å². The van der Waals surface area contributed by atoms with Crippen LogP contribution in [0.1, 0.15) is 29.8 Å². The van der Waals surface area contributed by atoms with Crippen LogP contribution < -0.4 is 5.32 Å². The van der Waals surface area contributed by atoms with E-state index in [9.17, 15) is 22.0 Å². The van der Waals surface area contributed by atoms with E-state index in [1.165, 1.54) is 11.3 Å². The predicted molar refractivity (Wildman–Crippen MR) is 70.7 cm³/mol. The maximum Gasteiger partial charge on any atom is 0.200 e. The van der Waals surface area contributed by atoms with Crippen molar-refractivity contribution in [3.63, 3.8) is 0 Å². The highest BCUT2D eigenvalue weighted by Gasteiger charge is 2.31. The molecule has 21 heavy (non-hydrogen) atoms. The Kier molecular flexibility index (Phi) is 4.95. The Morgan fingerprint density at radius 2 is 1.57 bits per heavy atom. The minimum Gasteiger partial charge on any atom is -0.305 e. The molecule has 7 heteroatoms. The molecule has 1 aromatic carbocycles. The quantitative estimate of drug-likeness (QED) is 0.484. The van der Waals surface area contributed by atoms with E-state index >= 15 is 0 Å². The molecule has 0 radical (unpaired) electrons. The lowest BCUT2D eigenvalue weighted by molar-refractivity contribution is 0.362. The molecule has 2 rings (SSSR count). The lowest BCUT2D eigenvalue weighted by Gasteiger charge is -2.19. The second-order valence-corrected chi connectivity index (χ2v) is 5.37. The van der Waals surface area contributed by atoms with Crippen LogP contribution in [0.5, 0.6) is 0 Å². The van der Waals surface area contributed by atoms with Crippen LogP contribution in [0, 0.1) is 29.1 Å². The summed E-state index contributed by atoms with van der Waals surface area (Å²) < 4.78 is 67.6. The molecule has 0 bridgehead atoms. The lowest BCUT2D eigenvalue weighted by Crippen LogP contribution is -2.26. The molecule has 1 unspecified atom stereocenters. The first kappa shape index (κ1) is 15.9. The van der Waals surface area contributed by atoms with E-state index in [-0.39, 0.29) is 0 Å². The number of hydrogen-bond acceptors (Lipinski definition) is 2. The van der Waals surface area contributed by atoms with Crippen LogP contribution in [0.2, 0.25) is 0 Å². The van der Waals surface area contributed by atoms with Gasteiger partial charge in [-0.1, -0.05) is 13.0 Å². The summed E-state index contributed by atoms with van der Waals surface area (Å²) in [7, 11) is 0. The van der Waals surface area contributed by atoms with Gasteiger partial charge in [-0.3, -0.25) is 0 Å². The van der Waals surface area contributed by atoms with Crippen LogP contribution in [0.15, 0.2) is 17.5 Å². The molecule has 1 N–H and O–H groups in total. The second-order valence-electron chi connectivity index (χ2n) is 4.39. The first-order valence-electron chi connectivity index (χ1n) is 6.27. The highest BCUT2D eigenvalue weighted by Crippen LogP contribution is 2.33. The Morgan fingerprint density at radius 1 is 1.00 bits per heavy atom. The van der Waals surface area contributed by atoms with Crippen molar-refractivity contribution in [3.8, 4) is 0 Å². The molecule has 114 valence electrons. The predicted octanol–water partition coefficient (Wildman–Crippen LogP) is 4.53. The Balaban J connectivity index is 2.60. The molecular formula is C14H12F5NS. The van der Waals surface area contributed by atoms with E-state index in [1.807, 2.05) is 6.92 Å². The third-order valence-corrected chi connectivity index (χ3v) is 3.90. The zero-order valence-electron chi connectivity index (χ0n) is 11.0. The number of halogens is 5. The molecule has 0 aliphatic rings. The zero-order chi connectivity index (χ0) is 15.6. The maximum absolute atomic E-state index is 13.9. The normalized spacial score (nSPS) is 12.7. The molecule has 2 aromatic rings. The van der Waals surface area contributed by atoms with Gasteiger partial charge in [0.15, 0.2) is 23.3 Å². The van der Waals surface area contributed by atoms with E-state index in [2.05, 4.69) is 5.32 Å². The van der Waals surface area contributed by atoms with Crippen LogP contribution in [-0.4, -0.2) is 6.54 Å². The van der Waals surface area contributed by atoms with Crippen molar-refractivity contribution in [2.75, 3.05) is 6.54 Å². The van der Waals surface area contributed by atoms with Crippen molar-refractivity contribution in [2.24, 2.45) is 0 Å². The Hall–Kier alpha value is -1.47. The first-order valence-corrected chi connectivity index (χ1v) is 7.15. The fourth-order valence-electron chi connectivity index (χ4n) is 1.96. The summed E-state index contributed by atoms with van der Waals surface area (Å²) in [6, 6.07) is 2.15. The van der Waals surface area contributed by atoms with Gasteiger partial charge in [-0.15, -0.1) is 11.3 Å². The van der Waals surface area contributed by atoms with Gasteiger partial charge < -0.3 is 5.32 Å². The van der Waals surface area contributed by atoms with Gasteiger partial charge >= 0.3 is 0 Å². The minimum atomic E-state index is -2.14. The van der Waals surface area contributed by atoms with Gasteiger partial charge in [0.25, 0.3) is 0 Å². The van der Waals surface area contributed by atoms with Crippen molar-refractivity contribution >= 4 is 11.3 Å². The summed E-state index contributed by atoms with van der Waals surface area (Å²) in [4.78, 5) is 0.478. The monoisotopic (exact) mass is 321 g/mol. The largest absolute Gasteiger partial charge is 0.305 e. The summed E-state index contributed by atoms with van der Waals surface area (Å²) in [6.45, 7) is 2.21. The van der Waals surface area contributed by atoms with Crippen LogP contribution in [0.25, 0.3) is 0 Å². The van der Waals surface area contributed by atoms with E-state index in [0.717, 1.165) is 0 Å². The fraction of sp³-hybridized carbons (Fsp3) is 0.286. The molecule has 0 amide bonds. The van der Waals surface area contributed by atoms with Crippen molar-refractivity contribution in [3.05, 3.63) is 57.0 Å². The SMILES string of the molecule is CCCNC(c1cccs1)c1c(F)c(F)c(F)c(F)c1F. The van der Waals surface area contributed by atoms with Crippen LogP contribution in [-0.2, 0) is 0 Å². The van der Waals surface area contributed by atoms with Crippen LogP contribution in [0.3, 0.4) is 0 Å². The highest BCUT2D eigenvalue weighted by atomic mass is 32.1. The van der Waals surface area contributed by atoms with Crippen molar-refractivity contribution in [2.45, 2.75) is 19.4 Å². The zero-order valence-corrected chi connectivity index (χ0v) is 11.8. The summed E-state index contributed by atoms with van der Waals surface area (Å²) in [5, 5.41) is 4.49. The molecule has 0 saturated heterocycles. The molecule has 1 heterocycles. The summed E-state index contributed by atoms with van der Waals surface area (Å²) in [5.41, 5.74) is -0.845. The maximum atomic E-state index is 13.9. The van der Waals surface area contributed by atoms with Crippen LogP contribution >= 0.6 is 11.3 Å². The van der Waals surface area contributed by atoms with E-state index in [1.54, 1.807) is 17.5 Å². The first-order chi connectivity index (χ1) is 9.99. The van der Waals surface area contributed by atoms with Gasteiger partial charge in [0, 0.05) is 4.88 Å². The van der Waals surface area contributed by atoms with E-state index < -0.39 is 40.7 Å². The average molecular weight is 321 g/mol. The third kappa shape index (κ3) is 2.94. The second kappa shape index (κ2) is 6.53. The fourth-order valence-corrected chi connectivity index (χ4v) is 2.77. The smallest absolute Gasteiger partial charge is 0.200 e. The Bertz CT molecular complexity index is 598. The molecule has 1 nitrogen and oxygen atoms in total. The lowest BCUT2D eigenvalue weighted by atomic mass is 10.0. The Labute approximate surface area is 122 Å². The number of benzene rings is 1. The van der Waals surface area contributed by atoms with E-state index in [0.29, 0.717) is 17.8 Å². The van der Waals surface area contributed by atoms with Gasteiger partial charge in [-0.2, -0.15) is 0 Å². The molecule has 0 aliphatic heterocycles.